The van der Waals surface area contributed by atoms with Gasteiger partial charge in [0, 0.05) is 24.0 Å². The molecule has 0 aromatic carbocycles. The molecule has 2 N–H and O–H groups in total. The number of thiophene rings is 1. The number of rotatable bonds is 6. The van der Waals surface area contributed by atoms with E-state index in [9.17, 15) is 8.42 Å². The second-order valence-corrected chi connectivity index (χ2v) is 9.42. The highest BCUT2D eigenvalue weighted by Crippen LogP contribution is 2.24. The summed E-state index contributed by atoms with van der Waals surface area (Å²) in [5.41, 5.74) is -0.0549. The molecule has 0 aliphatic heterocycles. The van der Waals surface area contributed by atoms with Crippen LogP contribution in [0, 0.1) is 5.41 Å². The molecule has 0 unspecified atom stereocenters. The molecule has 1 fully saturated rings. The zero-order valence-corrected chi connectivity index (χ0v) is 13.3. The molecule has 108 valence electrons. The molecule has 1 aromatic heterocycles. The van der Waals surface area contributed by atoms with Crippen LogP contribution in [-0.2, 0) is 16.6 Å². The summed E-state index contributed by atoms with van der Waals surface area (Å²) in [5.74, 6) is 0. The maximum Gasteiger partial charge on any atom is 0.250 e. The van der Waals surface area contributed by atoms with Crippen molar-refractivity contribution in [3.05, 3.63) is 17.0 Å². The van der Waals surface area contributed by atoms with Crippen LogP contribution in [0.1, 0.15) is 38.5 Å². The second-order valence-electron chi connectivity index (χ2n) is 6.26. The van der Waals surface area contributed by atoms with E-state index in [2.05, 4.69) is 10.0 Å². The fourth-order valence-electron chi connectivity index (χ4n) is 1.51. The van der Waals surface area contributed by atoms with Gasteiger partial charge in [-0.05, 0) is 30.4 Å². The largest absolute Gasteiger partial charge is 0.309 e. The number of hydrogen-bond donors (Lipinski definition) is 2. The number of sulfonamides is 1. The summed E-state index contributed by atoms with van der Waals surface area (Å²) in [5, 5.41) is 3.39. The van der Waals surface area contributed by atoms with Crippen molar-refractivity contribution in [2.45, 2.75) is 50.4 Å². The lowest BCUT2D eigenvalue weighted by molar-refractivity contribution is 0.408. The second kappa shape index (κ2) is 5.52. The highest BCUT2D eigenvalue weighted by atomic mass is 32.2. The molecule has 6 heteroatoms. The lowest BCUT2D eigenvalue weighted by Gasteiger charge is -2.18. The van der Waals surface area contributed by atoms with E-state index in [0.29, 0.717) is 16.8 Å². The molecule has 4 nitrogen and oxygen atoms in total. The van der Waals surface area contributed by atoms with Gasteiger partial charge in [0.25, 0.3) is 0 Å². The highest BCUT2D eigenvalue weighted by Gasteiger charge is 2.22. The smallest absolute Gasteiger partial charge is 0.250 e. The minimum absolute atomic E-state index is 0.0549. The Labute approximate surface area is 119 Å². The standard InChI is InChI=1S/C13H22N2O2S2/c1-13(2,3)9-15-19(16,17)12-7-6-11(18-12)8-14-10-4-5-10/h6-7,10,14-15H,4-5,8-9H2,1-3H3. The molecule has 0 amide bonds. The van der Waals surface area contributed by atoms with E-state index in [4.69, 9.17) is 0 Å². The third-order valence-corrected chi connectivity index (χ3v) is 5.81. The Bertz CT molecular complexity index is 525. The molecular weight excluding hydrogens is 280 g/mol. The normalized spacial score (nSPS) is 16.8. The molecule has 0 saturated heterocycles. The van der Waals surface area contributed by atoms with Gasteiger partial charge in [0.2, 0.25) is 10.0 Å². The van der Waals surface area contributed by atoms with Crippen LogP contribution in [0.15, 0.2) is 16.3 Å². The monoisotopic (exact) mass is 302 g/mol. The van der Waals surface area contributed by atoms with Crippen LogP contribution in [0.2, 0.25) is 0 Å². The summed E-state index contributed by atoms with van der Waals surface area (Å²) in [6.45, 7) is 7.24. The Hall–Kier alpha value is -0.430. The Balaban J connectivity index is 1.95. The van der Waals surface area contributed by atoms with Crippen LogP contribution in [0.4, 0.5) is 0 Å². The lowest BCUT2D eigenvalue weighted by atomic mass is 9.98. The van der Waals surface area contributed by atoms with Crippen molar-refractivity contribution in [2.24, 2.45) is 5.41 Å². The van der Waals surface area contributed by atoms with Gasteiger partial charge in [0.1, 0.15) is 4.21 Å². The summed E-state index contributed by atoms with van der Waals surface area (Å²) < 4.78 is 27.3. The van der Waals surface area contributed by atoms with Gasteiger partial charge in [-0.15, -0.1) is 11.3 Å². The molecule has 1 heterocycles. The Morgan fingerprint density at radius 1 is 1.32 bits per heavy atom. The van der Waals surface area contributed by atoms with E-state index >= 15 is 0 Å². The van der Waals surface area contributed by atoms with Crippen LogP contribution in [0.25, 0.3) is 0 Å². The summed E-state index contributed by atoms with van der Waals surface area (Å²) in [4.78, 5) is 1.07. The fraction of sp³-hybridized carbons (Fsp3) is 0.692. The molecule has 0 radical (unpaired) electrons. The van der Waals surface area contributed by atoms with Gasteiger partial charge in [0.05, 0.1) is 0 Å². The van der Waals surface area contributed by atoms with Crippen LogP contribution >= 0.6 is 11.3 Å². The maximum atomic E-state index is 12.1. The summed E-state index contributed by atoms with van der Waals surface area (Å²) in [6, 6.07) is 4.23. The third-order valence-electron chi connectivity index (χ3n) is 2.84. The molecule has 1 aliphatic rings. The molecule has 0 spiro atoms. The van der Waals surface area contributed by atoms with Crippen molar-refractivity contribution in [2.75, 3.05) is 6.54 Å². The Morgan fingerprint density at radius 2 is 2.00 bits per heavy atom. The molecule has 0 atom stereocenters. The maximum absolute atomic E-state index is 12.1. The van der Waals surface area contributed by atoms with Crippen LogP contribution < -0.4 is 10.0 Å². The van der Waals surface area contributed by atoms with E-state index in [-0.39, 0.29) is 5.41 Å². The van der Waals surface area contributed by atoms with Gasteiger partial charge in [-0.3, -0.25) is 0 Å². The van der Waals surface area contributed by atoms with Crippen molar-refractivity contribution >= 4 is 21.4 Å². The molecule has 2 rings (SSSR count). The summed E-state index contributed by atoms with van der Waals surface area (Å²) in [7, 11) is -3.35. The topological polar surface area (TPSA) is 58.2 Å². The summed E-state index contributed by atoms with van der Waals surface area (Å²) >= 11 is 1.35. The van der Waals surface area contributed by atoms with Gasteiger partial charge >= 0.3 is 0 Å². The van der Waals surface area contributed by atoms with Gasteiger partial charge < -0.3 is 5.32 Å². The van der Waals surface area contributed by atoms with Crippen molar-refractivity contribution in [3.63, 3.8) is 0 Å². The fourth-order valence-corrected chi connectivity index (χ4v) is 4.15. The van der Waals surface area contributed by atoms with Crippen LogP contribution in [-0.4, -0.2) is 21.0 Å². The number of hydrogen-bond acceptors (Lipinski definition) is 4. The minimum atomic E-state index is -3.35. The minimum Gasteiger partial charge on any atom is -0.309 e. The van der Waals surface area contributed by atoms with Crippen LogP contribution in [0.3, 0.4) is 0 Å². The predicted molar refractivity (Wildman–Crippen MR) is 78.8 cm³/mol. The molecular formula is C13H22N2O2S2. The van der Waals surface area contributed by atoms with E-state index in [1.165, 1.54) is 24.2 Å². The zero-order chi connectivity index (χ0) is 14.1. The third kappa shape index (κ3) is 4.87. The van der Waals surface area contributed by atoms with Crippen molar-refractivity contribution in [1.82, 2.24) is 10.0 Å². The van der Waals surface area contributed by atoms with Gasteiger partial charge in [-0.2, -0.15) is 0 Å². The van der Waals surface area contributed by atoms with Crippen molar-refractivity contribution < 1.29 is 8.42 Å². The van der Waals surface area contributed by atoms with Crippen molar-refractivity contribution in [3.8, 4) is 0 Å². The molecule has 1 saturated carbocycles. The van der Waals surface area contributed by atoms with Crippen LogP contribution in [0.5, 0.6) is 0 Å². The molecule has 1 aliphatic carbocycles. The number of nitrogens with one attached hydrogen (secondary N) is 2. The SMILES string of the molecule is CC(C)(C)CNS(=O)(=O)c1ccc(CNC2CC2)s1. The van der Waals surface area contributed by atoms with E-state index in [1.54, 1.807) is 6.07 Å². The van der Waals surface area contributed by atoms with Gasteiger partial charge in [0.15, 0.2) is 0 Å². The quantitative estimate of drug-likeness (QED) is 0.848. The lowest BCUT2D eigenvalue weighted by Crippen LogP contribution is -2.31. The van der Waals surface area contributed by atoms with Gasteiger partial charge in [-0.25, -0.2) is 13.1 Å². The Kier molecular flexibility index (Phi) is 4.35. The first kappa shape index (κ1) is 15.0. The Morgan fingerprint density at radius 3 is 2.58 bits per heavy atom. The predicted octanol–water partition coefficient (Wildman–Crippen LogP) is 2.32. The first-order chi connectivity index (χ1) is 8.76. The first-order valence-corrected chi connectivity index (χ1v) is 8.88. The summed E-state index contributed by atoms with van der Waals surface area (Å²) in [6.07, 6.45) is 2.48. The van der Waals surface area contributed by atoms with Crippen molar-refractivity contribution in [1.29, 1.82) is 0 Å². The highest BCUT2D eigenvalue weighted by molar-refractivity contribution is 7.91. The molecule has 1 aromatic rings. The van der Waals surface area contributed by atoms with E-state index < -0.39 is 10.0 Å². The zero-order valence-electron chi connectivity index (χ0n) is 11.7. The molecule has 0 bridgehead atoms. The molecule has 19 heavy (non-hydrogen) atoms. The van der Waals surface area contributed by atoms with E-state index in [0.717, 1.165) is 11.4 Å². The van der Waals surface area contributed by atoms with Gasteiger partial charge in [-0.1, -0.05) is 20.8 Å². The average Bonchev–Trinajstić information content (AvgIpc) is 3.00. The first-order valence-electron chi connectivity index (χ1n) is 6.58. The average molecular weight is 302 g/mol. The van der Waals surface area contributed by atoms with E-state index in [1.807, 2.05) is 26.8 Å².